The monoisotopic (exact) mass is 266 g/mol. The van der Waals surface area contributed by atoms with Crippen LogP contribution in [0.2, 0.25) is 0 Å². The standard InChI is InChI=1S/C10H19O6P/c1-5-14-10(12)9(8(4)11)17(13,15-6-2)16-7-3/h9H,5-7H2,1-4H3/t9-/m1/s1. The van der Waals surface area contributed by atoms with Crippen LogP contribution in [0.5, 0.6) is 0 Å². The number of ether oxygens (including phenoxy) is 1. The second-order valence-corrected chi connectivity index (χ2v) is 5.25. The van der Waals surface area contributed by atoms with E-state index in [1.54, 1.807) is 20.8 Å². The molecule has 100 valence electrons. The molecule has 1 atom stereocenters. The number of rotatable bonds is 8. The van der Waals surface area contributed by atoms with Crippen molar-refractivity contribution in [3.8, 4) is 0 Å². The summed E-state index contributed by atoms with van der Waals surface area (Å²) in [5, 5.41) is 0. The molecule has 0 radical (unpaired) electrons. The summed E-state index contributed by atoms with van der Waals surface area (Å²) in [7, 11) is -3.80. The quantitative estimate of drug-likeness (QED) is 0.378. The zero-order chi connectivity index (χ0) is 13.5. The highest BCUT2D eigenvalue weighted by Gasteiger charge is 2.45. The molecule has 0 aromatic carbocycles. The fraction of sp³-hybridized carbons (Fsp3) is 0.800. The molecular formula is C10H19O6P. The van der Waals surface area contributed by atoms with Gasteiger partial charge in [-0.3, -0.25) is 14.2 Å². The first kappa shape index (κ1) is 16.3. The van der Waals surface area contributed by atoms with E-state index in [2.05, 4.69) is 0 Å². The van der Waals surface area contributed by atoms with Crippen molar-refractivity contribution in [3.05, 3.63) is 0 Å². The number of hydrogen-bond acceptors (Lipinski definition) is 6. The summed E-state index contributed by atoms with van der Waals surface area (Å²) >= 11 is 0. The Balaban J connectivity index is 5.16. The summed E-state index contributed by atoms with van der Waals surface area (Å²) in [6.07, 6.45) is 0. The third-order valence-electron chi connectivity index (χ3n) is 1.83. The highest BCUT2D eigenvalue weighted by Crippen LogP contribution is 2.53. The molecule has 0 heterocycles. The Hall–Kier alpha value is -0.710. The third-order valence-corrected chi connectivity index (χ3v) is 4.27. The molecule has 17 heavy (non-hydrogen) atoms. The molecule has 0 fully saturated rings. The maximum atomic E-state index is 12.3. The number of esters is 1. The second kappa shape index (κ2) is 7.58. The lowest BCUT2D eigenvalue weighted by Crippen LogP contribution is -2.32. The first-order valence-corrected chi connectivity index (χ1v) is 7.09. The van der Waals surface area contributed by atoms with Crippen molar-refractivity contribution in [3.63, 3.8) is 0 Å². The molecule has 0 bridgehead atoms. The zero-order valence-corrected chi connectivity index (χ0v) is 11.5. The van der Waals surface area contributed by atoms with E-state index in [1.807, 2.05) is 0 Å². The smallest absolute Gasteiger partial charge is 0.352 e. The number of ketones is 1. The Kier molecular flexibility index (Phi) is 7.27. The third kappa shape index (κ3) is 4.58. The average molecular weight is 266 g/mol. The zero-order valence-electron chi connectivity index (χ0n) is 10.6. The van der Waals surface area contributed by atoms with Gasteiger partial charge in [-0.25, -0.2) is 0 Å². The van der Waals surface area contributed by atoms with Crippen LogP contribution >= 0.6 is 7.60 Å². The van der Waals surface area contributed by atoms with Crippen LogP contribution in [-0.4, -0.2) is 37.2 Å². The predicted octanol–water partition coefficient (Wildman–Crippen LogP) is 1.77. The number of hydrogen-bond donors (Lipinski definition) is 0. The molecular weight excluding hydrogens is 247 g/mol. The summed E-state index contributed by atoms with van der Waals surface area (Å²) in [5.41, 5.74) is -1.50. The first-order chi connectivity index (χ1) is 7.92. The van der Waals surface area contributed by atoms with E-state index in [0.717, 1.165) is 6.92 Å². The first-order valence-electron chi connectivity index (χ1n) is 5.48. The summed E-state index contributed by atoms with van der Waals surface area (Å²) in [4.78, 5) is 23.0. The van der Waals surface area contributed by atoms with E-state index in [0.29, 0.717) is 0 Å². The largest absolute Gasteiger partial charge is 0.465 e. The molecule has 7 heteroatoms. The van der Waals surface area contributed by atoms with Crippen LogP contribution in [0.15, 0.2) is 0 Å². The van der Waals surface area contributed by atoms with Gasteiger partial charge in [0.15, 0.2) is 5.78 Å². The van der Waals surface area contributed by atoms with Gasteiger partial charge in [-0.15, -0.1) is 0 Å². The van der Waals surface area contributed by atoms with Gasteiger partial charge in [-0.05, 0) is 27.7 Å². The average Bonchev–Trinajstić information content (AvgIpc) is 2.17. The summed E-state index contributed by atoms with van der Waals surface area (Å²) in [6.45, 7) is 6.23. The number of carbonyl (C=O) groups excluding carboxylic acids is 2. The van der Waals surface area contributed by atoms with Crippen LogP contribution in [0, 0.1) is 0 Å². The topological polar surface area (TPSA) is 78.9 Å². The van der Waals surface area contributed by atoms with E-state index in [4.69, 9.17) is 13.8 Å². The molecule has 0 aromatic rings. The predicted molar refractivity (Wildman–Crippen MR) is 62.0 cm³/mol. The molecule has 0 aliphatic rings. The van der Waals surface area contributed by atoms with E-state index < -0.39 is 25.0 Å². The Morgan fingerprint density at radius 2 is 1.53 bits per heavy atom. The summed E-state index contributed by atoms with van der Waals surface area (Å²) in [6, 6.07) is 0. The molecule has 0 unspecified atom stereocenters. The maximum absolute atomic E-state index is 12.3. The summed E-state index contributed by atoms with van der Waals surface area (Å²) in [5.74, 6) is -1.46. The van der Waals surface area contributed by atoms with Gasteiger partial charge >= 0.3 is 13.6 Å². The van der Waals surface area contributed by atoms with Crippen LogP contribution in [-0.2, 0) is 27.9 Å². The van der Waals surface area contributed by atoms with Crippen LogP contribution < -0.4 is 0 Å². The SMILES string of the molecule is CCOC(=O)[C@@H](C(C)=O)P(=O)(OCC)OCC. The van der Waals surface area contributed by atoms with Crippen LogP contribution in [0.25, 0.3) is 0 Å². The van der Waals surface area contributed by atoms with E-state index in [9.17, 15) is 14.2 Å². The van der Waals surface area contributed by atoms with Gasteiger partial charge in [-0.2, -0.15) is 0 Å². The minimum atomic E-state index is -3.80. The molecule has 0 amide bonds. The minimum Gasteiger partial charge on any atom is -0.465 e. The van der Waals surface area contributed by atoms with Gasteiger partial charge in [-0.1, -0.05) is 0 Å². The molecule has 0 aliphatic heterocycles. The van der Waals surface area contributed by atoms with Gasteiger partial charge in [0, 0.05) is 0 Å². The van der Waals surface area contributed by atoms with Gasteiger partial charge in [0.05, 0.1) is 19.8 Å². The lowest BCUT2D eigenvalue weighted by molar-refractivity contribution is -0.145. The molecule has 0 spiro atoms. The van der Waals surface area contributed by atoms with Crippen LogP contribution in [0.3, 0.4) is 0 Å². The molecule has 0 N–H and O–H groups in total. The Morgan fingerprint density at radius 1 is 1.06 bits per heavy atom. The fourth-order valence-electron chi connectivity index (χ4n) is 1.29. The minimum absolute atomic E-state index is 0.0838. The van der Waals surface area contributed by atoms with Crippen molar-refractivity contribution >= 4 is 19.3 Å². The normalized spacial score (nSPS) is 13.2. The van der Waals surface area contributed by atoms with E-state index >= 15 is 0 Å². The van der Waals surface area contributed by atoms with Crippen molar-refractivity contribution in [2.75, 3.05) is 19.8 Å². The van der Waals surface area contributed by atoms with Crippen LogP contribution in [0.4, 0.5) is 0 Å². The fourth-order valence-corrected chi connectivity index (χ4v) is 3.16. The molecule has 0 saturated heterocycles. The van der Waals surface area contributed by atoms with Gasteiger partial charge in [0.1, 0.15) is 0 Å². The Morgan fingerprint density at radius 3 is 1.82 bits per heavy atom. The molecule has 0 saturated carbocycles. The maximum Gasteiger partial charge on any atom is 0.352 e. The second-order valence-electron chi connectivity index (χ2n) is 3.14. The van der Waals surface area contributed by atoms with Crippen molar-refractivity contribution in [1.29, 1.82) is 0 Å². The number of carbonyl (C=O) groups is 2. The summed E-state index contributed by atoms with van der Waals surface area (Å²) < 4.78 is 27.0. The van der Waals surface area contributed by atoms with Crippen LogP contribution in [0.1, 0.15) is 27.7 Å². The molecule has 0 aliphatic carbocycles. The van der Waals surface area contributed by atoms with Crippen molar-refractivity contribution in [2.45, 2.75) is 33.4 Å². The van der Waals surface area contributed by atoms with Crippen molar-refractivity contribution in [1.82, 2.24) is 0 Å². The van der Waals surface area contributed by atoms with Crippen molar-refractivity contribution in [2.24, 2.45) is 0 Å². The molecule has 6 nitrogen and oxygen atoms in total. The Bertz CT molecular complexity index is 304. The molecule has 0 aromatic heterocycles. The highest BCUT2D eigenvalue weighted by atomic mass is 31.2. The van der Waals surface area contributed by atoms with Gasteiger partial charge < -0.3 is 13.8 Å². The lowest BCUT2D eigenvalue weighted by Gasteiger charge is -2.22. The van der Waals surface area contributed by atoms with Crippen molar-refractivity contribution < 1.29 is 27.9 Å². The van der Waals surface area contributed by atoms with Gasteiger partial charge in [0.2, 0.25) is 5.66 Å². The number of Topliss-reactive ketones (excluding diaryl/α,β-unsaturated/α-hetero) is 1. The van der Waals surface area contributed by atoms with Gasteiger partial charge in [0.25, 0.3) is 0 Å². The van der Waals surface area contributed by atoms with E-state index in [-0.39, 0.29) is 19.8 Å². The highest BCUT2D eigenvalue weighted by molar-refractivity contribution is 7.57. The lowest BCUT2D eigenvalue weighted by atomic mass is 10.3. The Labute approximate surface area is 101 Å². The molecule has 0 rings (SSSR count). The van der Waals surface area contributed by atoms with E-state index in [1.165, 1.54) is 0 Å².